The number of hydrogen-bond acceptors (Lipinski definition) is 6. The summed E-state index contributed by atoms with van der Waals surface area (Å²) in [5.41, 5.74) is -1.12. The lowest BCUT2D eigenvalue weighted by Gasteiger charge is -2.25. The molecule has 2 aliphatic rings. The summed E-state index contributed by atoms with van der Waals surface area (Å²) in [5, 5.41) is 4.74. The quantitative estimate of drug-likeness (QED) is 0.660. The molecule has 3 rings (SSSR count). The van der Waals surface area contributed by atoms with E-state index in [4.69, 9.17) is 4.74 Å². The molecule has 9 nitrogen and oxygen atoms in total. The van der Waals surface area contributed by atoms with E-state index in [1.165, 1.54) is 36.5 Å². The first kappa shape index (κ1) is 20.6. The molecule has 0 saturated carbocycles. The molecule has 1 aromatic rings. The number of carbonyl (C=O) groups is 2. The Labute approximate surface area is 165 Å². The molecule has 2 N–H and O–H groups in total. The summed E-state index contributed by atoms with van der Waals surface area (Å²) < 4.78 is 33.2. The Bertz CT molecular complexity index is 903. The number of carbonyl (C=O) groups excluding carboxylic acids is 2. The highest BCUT2D eigenvalue weighted by atomic mass is 32.2. The van der Waals surface area contributed by atoms with Crippen molar-refractivity contribution in [3.05, 3.63) is 23.8 Å². The number of imide groups is 1. The van der Waals surface area contributed by atoms with E-state index in [2.05, 4.69) is 15.5 Å². The highest BCUT2D eigenvalue weighted by Gasteiger charge is 2.46. The Morgan fingerprint density at radius 2 is 2.07 bits per heavy atom. The normalized spacial score (nSPS) is 25.8. The van der Waals surface area contributed by atoms with Gasteiger partial charge in [-0.1, -0.05) is 6.92 Å². The van der Waals surface area contributed by atoms with Gasteiger partial charge >= 0.3 is 6.03 Å². The summed E-state index contributed by atoms with van der Waals surface area (Å²) in [5.74, 6) is -0.236. The number of methoxy groups -OCH3 is 1. The Balaban J connectivity index is 1.98. The van der Waals surface area contributed by atoms with Crippen LogP contribution in [-0.4, -0.2) is 69.4 Å². The SMILES string of the molecule is CCN(C)[C@@H]1CCN(S(=O)(=O)c2ccc(OC)c([C@@]3(C)NC(=O)NC3=O)c2)C1. The van der Waals surface area contributed by atoms with Crippen LogP contribution in [0, 0.1) is 0 Å². The topological polar surface area (TPSA) is 108 Å². The van der Waals surface area contributed by atoms with E-state index in [-0.39, 0.29) is 10.9 Å². The van der Waals surface area contributed by atoms with E-state index in [0.717, 1.165) is 13.0 Å². The zero-order valence-corrected chi connectivity index (χ0v) is 17.3. The van der Waals surface area contributed by atoms with Crippen LogP contribution in [0.25, 0.3) is 0 Å². The predicted octanol–water partition coefficient (Wildman–Crippen LogP) is 0.465. The highest BCUT2D eigenvalue weighted by molar-refractivity contribution is 7.89. The van der Waals surface area contributed by atoms with Gasteiger partial charge in [0.15, 0.2) is 0 Å². The zero-order chi connectivity index (χ0) is 20.7. The molecule has 0 bridgehead atoms. The van der Waals surface area contributed by atoms with Gasteiger partial charge in [-0.2, -0.15) is 4.31 Å². The summed E-state index contributed by atoms with van der Waals surface area (Å²) >= 11 is 0. The molecule has 10 heteroatoms. The number of nitrogens with one attached hydrogen (secondary N) is 2. The van der Waals surface area contributed by atoms with Gasteiger partial charge in [-0.25, -0.2) is 13.2 Å². The van der Waals surface area contributed by atoms with E-state index < -0.39 is 27.5 Å². The fraction of sp³-hybridized carbons (Fsp3) is 0.556. The molecule has 0 aliphatic carbocycles. The smallest absolute Gasteiger partial charge is 0.322 e. The van der Waals surface area contributed by atoms with Gasteiger partial charge in [-0.3, -0.25) is 10.1 Å². The minimum atomic E-state index is -3.74. The largest absolute Gasteiger partial charge is 0.496 e. The molecule has 2 atom stereocenters. The first-order valence-corrected chi connectivity index (χ1v) is 10.6. The van der Waals surface area contributed by atoms with Gasteiger partial charge in [-0.05, 0) is 45.1 Å². The van der Waals surface area contributed by atoms with Gasteiger partial charge in [0, 0.05) is 24.7 Å². The van der Waals surface area contributed by atoms with E-state index in [1.54, 1.807) is 0 Å². The van der Waals surface area contributed by atoms with Crippen molar-refractivity contribution in [1.82, 2.24) is 19.8 Å². The summed E-state index contributed by atoms with van der Waals surface area (Å²) in [6, 6.07) is 3.93. The van der Waals surface area contributed by atoms with Crippen molar-refractivity contribution in [3.63, 3.8) is 0 Å². The Morgan fingerprint density at radius 3 is 2.64 bits per heavy atom. The maximum absolute atomic E-state index is 13.2. The molecule has 2 aliphatic heterocycles. The lowest BCUT2D eigenvalue weighted by Crippen LogP contribution is -2.41. The average Bonchev–Trinajstić information content (AvgIpc) is 3.26. The molecular formula is C18H26N4O5S. The van der Waals surface area contributed by atoms with Crippen LogP contribution < -0.4 is 15.4 Å². The summed E-state index contributed by atoms with van der Waals surface area (Å²) in [6.07, 6.45) is 0.767. The van der Waals surface area contributed by atoms with Gasteiger partial charge in [0.25, 0.3) is 5.91 Å². The van der Waals surface area contributed by atoms with Crippen molar-refractivity contribution >= 4 is 22.0 Å². The minimum Gasteiger partial charge on any atom is -0.496 e. The number of ether oxygens (including phenoxy) is 1. The number of sulfonamides is 1. The van der Waals surface area contributed by atoms with Crippen LogP contribution in [0.2, 0.25) is 0 Å². The molecule has 0 radical (unpaired) electrons. The monoisotopic (exact) mass is 410 g/mol. The lowest BCUT2D eigenvalue weighted by atomic mass is 9.91. The van der Waals surface area contributed by atoms with Gasteiger partial charge in [0.05, 0.1) is 12.0 Å². The molecule has 0 spiro atoms. The number of urea groups is 1. The van der Waals surface area contributed by atoms with Gasteiger partial charge in [-0.15, -0.1) is 0 Å². The second-order valence-corrected chi connectivity index (χ2v) is 9.21. The van der Waals surface area contributed by atoms with E-state index >= 15 is 0 Å². The first-order chi connectivity index (χ1) is 13.1. The van der Waals surface area contributed by atoms with Crippen LogP contribution in [0.4, 0.5) is 4.79 Å². The summed E-state index contributed by atoms with van der Waals surface area (Å²) in [4.78, 5) is 26.2. The molecule has 1 aromatic carbocycles. The fourth-order valence-electron chi connectivity index (χ4n) is 3.67. The lowest BCUT2D eigenvalue weighted by molar-refractivity contribution is -0.123. The minimum absolute atomic E-state index is 0.0678. The number of nitrogens with zero attached hydrogens (tertiary/aromatic N) is 2. The van der Waals surface area contributed by atoms with Crippen LogP contribution in [0.1, 0.15) is 25.8 Å². The molecule has 3 amide bonds. The molecule has 154 valence electrons. The number of amides is 3. The van der Waals surface area contributed by atoms with Gasteiger partial charge in [0.2, 0.25) is 10.0 Å². The first-order valence-electron chi connectivity index (χ1n) is 9.16. The van der Waals surface area contributed by atoms with Crippen LogP contribution in [-0.2, 0) is 20.4 Å². The van der Waals surface area contributed by atoms with Crippen molar-refractivity contribution in [2.45, 2.75) is 36.7 Å². The van der Waals surface area contributed by atoms with E-state index in [9.17, 15) is 18.0 Å². The zero-order valence-electron chi connectivity index (χ0n) is 16.5. The standard InChI is InChI=1S/C18H26N4O5S/c1-5-21(3)12-8-9-22(11-12)28(25,26)13-6-7-15(27-4)14(10-13)18(2)16(23)19-17(24)20-18/h6-7,10,12H,5,8-9,11H2,1-4H3,(H2,19,20,23,24)/t12-,18-/m1/s1. The van der Waals surface area contributed by atoms with E-state index in [1.807, 2.05) is 14.0 Å². The fourth-order valence-corrected chi connectivity index (χ4v) is 5.19. The maximum Gasteiger partial charge on any atom is 0.322 e. The third-order valence-electron chi connectivity index (χ3n) is 5.64. The molecule has 2 fully saturated rings. The van der Waals surface area contributed by atoms with Crippen LogP contribution in [0.5, 0.6) is 5.75 Å². The Kier molecular flexibility index (Phi) is 5.39. The van der Waals surface area contributed by atoms with Crippen molar-refractivity contribution in [1.29, 1.82) is 0 Å². The molecule has 0 unspecified atom stereocenters. The third kappa shape index (κ3) is 3.36. The molecule has 0 aromatic heterocycles. The van der Waals surface area contributed by atoms with Crippen molar-refractivity contribution < 1.29 is 22.7 Å². The van der Waals surface area contributed by atoms with Crippen LogP contribution in [0.3, 0.4) is 0 Å². The summed E-state index contributed by atoms with van der Waals surface area (Å²) in [7, 11) is -0.334. The number of benzene rings is 1. The van der Waals surface area contributed by atoms with Crippen molar-refractivity contribution in [2.24, 2.45) is 0 Å². The highest BCUT2D eigenvalue weighted by Crippen LogP contribution is 2.35. The second-order valence-electron chi connectivity index (χ2n) is 7.27. The molecule has 2 heterocycles. The average molecular weight is 410 g/mol. The number of hydrogen-bond donors (Lipinski definition) is 2. The number of likely N-dealkylation sites (N-methyl/N-ethyl adjacent to an activating group) is 1. The maximum atomic E-state index is 13.2. The molecule has 2 saturated heterocycles. The molecule has 28 heavy (non-hydrogen) atoms. The van der Waals surface area contributed by atoms with Gasteiger partial charge in [0.1, 0.15) is 11.3 Å². The second kappa shape index (κ2) is 7.34. The van der Waals surface area contributed by atoms with Gasteiger partial charge < -0.3 is 15.0 Å². The Morgan fingerprint density at radius 1 is 1.36 bits per heavy atom. The number of rotatable bonds is 6. The Hall–Kier alpha value is -2.17. The van der Waals surface area contributed by atoms with Crippen molar-refractivity contribution in [3.8, 4) is 5.75 Å². The van der Waals surface area contributed by atoms with Crippen molar-refractivity contribution in [2.75, 3.05) is 33.8 Å². The molecular weight excluding hydrogens is 384 g/mol. The summed E-state index contributed by atoms with van der Waals surface area (Å²) in [6.45, 7) is 5.26. The van der Waals surface area contributed by atoms with Crippen LogP contribution >= 0.6 is 0 Å². The van der Waals surface area contributed by atoms with E-state index in [0.29, 0.717) is 24.4 Å². The third-order valence-corrected chi connectivity index (χ3v) is 7.50. The predicted molar refractivity (Wildman–Crippen MR) is 102 cm³/mol. The van der Waals surface area contributed by atoms with Crippen LogP contribution in [0.15, 0.2) is 23.1 Å².